The molecule has 4 aromatic heterocycles. The molecule has 2 aliphatic carbocycles. The Hall–Kier alpha value is -1.72. The summed E-state index contributed by atoms with van der Waals surface area (Å²) in [5.74, 6) is 0.508. The number of nitrogens with two attached hydrogens (primary N) is 1. The zero-order chi connectivity index (χ0) is 44.1. The SMILES string of the molecule is C.CS(=O)(=O)[C@@H]1CC(N)[C@H](O)C1.C[Si](C)(C)CCOCn1nc(Br)c2c(Cl)ncnc21.C[Si](C)(C)CCOCn1nc(Br)c2c(NC3C[C@@H](S(C)(=O)=O)C[C@H]3O)ncnc21. The zero-order valence-electron chi connectivity index (χ0n) is 34.6. The summed E-state index contributed by atoms with van der Waals surface area (Å²) < 4.78 is 61.6. The van der Waals surface area contributed by atoms with Crippen LogP contribution in [0.5, 0.6) is 0 Å². The largest absolute Gasteiger partial charge is 0.391 e. The first kappa shape index (κ1) is 52.6. The second kappa shape index (κ2) is 21.8. The Morgan fingerprint density at radius 3 is 1.65 bits per heavy atom. The van der Waals surface area contributed by atoms with E-state index in [1.165, 1.54) is 25.2 Å². The van der Waals surface area contributed by atoms with Gasteiger partial charge in [-0.3, -0.25) is 0 Å². The van der Waals surface area contributed by atoms with Gasteiger partial charge in [0.25, 0.3) is 0 Å². The molecule has 6 rings (SSSR count). The summed E-state index contributed by atoms with van der Waals surface area (Å²) in [7, 11) is -8.44. The van der Waals surface area contributed by atoms with Gasteiger partial charge >= 0.3 is 0 Å². The van der Waals surface area contributed by atoms with Crippen molar-refractivity contribution >= 4 is 107 Å². The van der Waals surface area contributed by atoms with Crippen LogP contribution in [0.2, 0.25) is 56.5 Å². The van der Waals surface area contributed by atoms with Crippen LogP contribution in [-0.2, 0) is 42.6 Å². The van der Waals surface area contributed by atoms with Crippen LogP contribution in [0.25, 0.3) is 22.1 Å². The Balaban J connectivity index is 0.000000265. The van der Waals surface area contributed by atoms with Crippen molar-refractivity contribution in [3.05, 3.63) is 27.0 Å². The van der Waals surface area contributed by atoms with Crippen molar-refractivity contribution < 1.29 is 36.5 Å². The summed E-state index contributed by atoms with van der Waals surface area (Å²) in [4.78, 5) is 16.8. The normalized spacial score (nSPS) is 22.2. The number of nitrogens with one attached hydrogen (secondary N) is 1. The fraction of sp³-hybridized carbons (Fsp3) is 0.714. The first-order valence-corrected chi connectivity index (χ1v) is 32.3. The van der Waals surface area contributed by atoms with Gasteiger partial charge in [-0.05, 0) is 69.6 Å². The number of aromatic nitrogens is 8. The van der Waals surface area contributed by atoms with Gasteiger partial charge in [0, 0.05) is 47.9 Å². The van der Waals surface area contributed by atoms with E-state index in [9.17, 15) is 21.9 Å². The Kier molecular flexibility index (Phi) is 19.1. The molecule has 18 nitrogen and oxygen atoms in total. The average molecular weight is 1070 g/mol. The van der Waals surface area contributed by atoms with Crippen LogP contribution in [-0.4, -0.2) is 143 Å². The Bertz CT molecular complexity index is 2250. The highest BCUT2D eigenvalue weighted by Gasteiger charge is 2.39. The van der Waals surface area contributed by atoms with Gasteiger partial charge in [-0.15, -0.1) is 0 Å². The van der Waals surface area contributed by atoms with Crippen molar-refractivity contribution in [1.29, 1.82) is 0 Å². The quantitative estimate of drug-likeness (QED) is 0.0708. The molecule has 2 fully saturated rings. The lowest BCUT2D eigenvalue weighted by molar-refractivity contribution is 0.0809. The molecular weight excluding hydrogens is 1000 g/mol. The maximum Gasteiger partial charge on any atom is 0.166 e. The molecule has 6 atom stereocenters. The minimum atomic E-state index is -3.20. The van der Waals surface area contributed by atoms with Gasteiger partial charge < -0.3 is 30.7 Å². The molecule has 0 spiro atoms. The van der Waals surface area contributed by atoms with E-state index in [2.05, 4.69) is 107 Å². The average Bonchev–Trinajstić information content (AvgIpc) is 3.85. The van der Waals surface area contributed by atoms with Gasteiger partial charge in [0.1, 0.15) is 66.0 Å². The van der Waals surface area contributed by atoms with E-state index in [4.69, 9.17) is 31.9 Å². The third kappa shape index (κ3) is 15.2. The lowest BCUT2D eigenvalue weighted by atomic mass is 10.2. The predicted molar refractivity (Wildman–Crippen MR) is 249 cm³/mol. The minimum Gasteiger partial charge on any atom is -0.391 e. The molecule has 340 valence electrons. The van der Waals surface area contributed by atoms with E-state index in [1.54, 1.807) is 9.36 Å². The predicted octanol–water partition coefficient (Wildman–Crippen LogP) is 5.32. The standard InChI is InChI=1S/C17H28BrN5O4SSi.C11H16BrClN4OSi.C6H13NO3S.CH4/c1-28(25,26)11-7-12(13(24)8-11)21-16-14-15(18)22-23(17(14)20-9-19-16)10-27-5-6-29(2,3)4;1-19(2,3)5-4-18-7-17-11-8(9(12)16-17)10(13)14-6-15-11;1-11(9,10)4-2-5(7)6(8)3-4;/h9,11-13,24H,5-8,10H2,1-4H3,(H,19,20,21);6H,4-5,7H2,1-3H3;4-6,8H,2-3,7H2,1H3;1H4/t11-,12?,13-;;4-,5?,6-;/m1.1./s1. The number of fused-ring (bicyclic) bond motifs is 2. The van der Waals surface area contributed by atoms with Crippen LogP contribution in [0.4, 0.5) is 5.82 Å². The first-order chi connectivity index (χ1) is 27.2. The van der Waals surface area contributed by atoms with Gasteiger partial charge in [-0.1, -0.05) is 58.3 Å². The molecule has 2 aliphatic rings. The fourth-order valence-electron chi connectivity index (χ4n) is 6.25. The number of rotatable bonds is 14. The van der Waals surface area contributed by atoms with E-state index in [0.29, 0.717) is 69.5 Å². The second-order valence-electron chi connectivity index (χ2n) is 17.5. The van der Waals surface area contributed by atoms with Crippen LogP contribution >= 0.6 is 43.5 Å². The number of hydrogen-bond acceptors (Lipinski definition) is 16. The van der Waals surface area contributed by atoms with Crippen molar-refractivity contribution in [2.24, 2.45) is 5.73 Å². The van der Waals surface area contributed by atoms with Crippen LogP contribution < -0.4 is 11.1 Å². The molecule has 2 unspecified atom stereocenters. The van der Waals surface area contributed by atoms with E-state index < -0.39 is 64.6 Å². The van der Waals surface area contributed by atoms with Crippen LogP contribution in [0.15, 0.2) is 21.9 Å². The lowest BCUT2D eigenvalue weighted by Gasteiger charge is -2.17. The molecule has 4 aromatic rings. The van der Waals surface area contributed by atoms with Crippen molar-refractivity contribution in [3.8, 4) is 0 Å². The van der Waals surface area contributed by atoms with E-state index in [0.717, 1.165) is 24.1 Å². The van der Waals surface area contributed by atoms with E-state index in [-0.39, 0.29) is 26.6 Å². The molecule has 0 saturated heterocycles. The summed E-state index contributed by atoms with van der Waals surface area (Å²) >= 11 is 12.8. The lowest BCUT2D eigenvalue weighted by Crippen LogP contribution is -2.28. The zero-order valence-corrected chi connectivity index (χ0v) is 42.2. The third-order valence-electron chi connectivity index (χ3n) is 9.90. The van der Waals surface area contributed by atoms with Crippen molar-refractivity contribution in [2.75, 3.05) is 31.0 Å². The molecular formula is C35H61Br2ClN10O8S2Si2. The van der Waals surface area contributed by atoms with Gasteiger partial charge in [-0.25, -0.2) is 46.1 Å². The molecule has 60 heavy (non-hydrogen) atoms. The van der Waals surface area contributed by atoms with Crippen LogP contribution in [0, 0.1) is 0 Å². The third-order valence-corrected chi connectivity index (χ3v) is 17.9. The molecule has 0 aliphatic heterocycles. The number of anilines is 1. The minimum absolute atomic E-state index is 0. The highest BCUT2D eigenvalue weighted by atomic mass is 79.9. The van der Waals surface area contributed by atoms with Gasteiger partial charge in [0.05, 0.1) is 39.5 Å². The Morgan fingerprint density at radius 2 is 1.22 bits per heavy atom. The maximum absolute atomic E-state index is 11.8. The van der Waals surface area contributed by atoms with Crippen molar-refractivity contribution in [3.63, 3.8) is 0 Å². The first-order valence-electron chi connectivity index (χ1n) is 19.1. The molecule has 0 radical (unpaired) electrons. The summed E-state index contributed by atoms with van der Waals surface area (Å²) in [5, 5.41) is 32.2. The van der Waals surface area contributed by atoms with Gasteiger partial charge in [-0.2, -0.15) is 10.2 Å². The van der Waals surface area contributed by atoms with E-state index in [1.807, 2.05) is 0 Å². The Morgan fingerprint density at radius 1 is 0.767 bits per heavy atom. The van der Waals surface area contributed by atoms with Crippen molar-refractivity contribution in [2.45, 2.75) is 133 Å². The number of hydrogen-bond donors (Lipinski definition) is 4. The number of aliphatic hydroxyl groups is 2. The molecule has 0 bridgehead atoms. The monoisotopic (exact) mass is 1060 g/mol. The molecule has 0 amide bonds. The molecule has 4 heterocycles. The summed E-state index contributed by atoms with van der Waals surface area (Å²) in [5.41, 5.74) is 6.74. The number of ether oxygens (including phenoxy) is 2. The van der Waals surface area contributed by atoms with Crippen LogP contribution in [0.3, 0.4) is 0 Å². The summed E-state index contributed by atoms with van der Waals surface area (Å²) in [6.07, 6.45) is 5.06. The highest BCUT2D eigenvalue weighted by Crippen LogP contribution is 2.33. The molecule has 25 heteroatoms. The second-order valence-corrected chi connectivity index (χ2v) is 35.2. The smallest absolute Gasteiger partial charge is 0.166 e. The van der Waals surface area contributed by atoms with Gasteiger partial charge in [0.15, 0.2) is 11.3 Å². The number of nitrogens with zero attached hydrogens (tertiary/aromatic N) is 8. The molecule has 0 aromatic carbocycles. The summed E-state index contributed by atoms with van der Waals surface area (Å²) in [6.45, 7) is 15.9. The highest BCUT2D eigenvalue weighted by molar-refractivity contribution is 9.10. The maximum atomic E-state index is 11.8. The number of aliphatic hydroxyl groups excluding tert-OH is 2. The van der Waals surface area contributed by atoms with Crippen LogP contribution in [0.1, 0.15) is 33.1 Å². The molecule has 2 saturated carbocycles. The Labute approximate surface area is 377 Å². The molecule has 5 N–H and O–H groups in total. The number of halogens is 3. The van der Waals surface area contributed by atoms with E-state index >= 15 is 0 Å². The fourth-order valence-corrected chi connectivity index (χ4v) is 11.4. The topological polar surface area (TPSA) is 252 Å². The van der Waals surface area contributed by atoms with Gasteiger partial charge in [0.2, 0.25) is 0 Å². The number of sulfone groups is 2. The van der Waals surface area contributed by atoms with Crippen molar-refractivity contribution in [1.82, 2.24) is 39.5 Å². The summed E-state index contributed by atoms with van der Waals surface area (Å²) in [6, 6.07) is 1.42.